The predicted octanol–water partition coefficient (Wildman–Crippen LogP) is 3.00. The third-order valence-corrected chi connectivity index (χ3v) is 6.09. The van der Waals surface area contributed by atoms with Gasteiger partial charge in [-0.05, 0) is 37.6 Å². The Morgan fingerprint density at radius 2 is 1.79 bits per heavy atom. The minimum atomic E-state index is -1.07. The quantitative estimate of drug-likeness (QED) is 0.517. The Bertz CT molecular complexity index is 1100. The number of carbonyl (C=O) groups excluding carboxylic acids is 2. The molecule has 0 radical (unpaired) electrons. The van der Waals surface area contributed by atoms with Crippen molar-refractivity contribution in [3.63, 3.8) is 0 Å². The Kier molecular flexibility index (Phi) is 6.70. The zero-order valence-electron chi connectivity index (χ0n) is 19.2. The van der Waals surface area contributed by atoms with E-state index in [1.807, 2.05) is 65.7 Å². The number of rotatable bonds is 7. The fraction of sp³-hybridized carbons (Fsp3) is 0.385. The summed E-state index contributed by atoms with van der Waals surface area (Å²) in [7, 11) is 0. The third-order valence-electron chi connectivity index (χ3n) is 6.09. The molecule has 1 fully saturated rings. The largest absolute Gasteiger partial charge is 0.490 e. The summed E-state index contributed by atoms with van der Waals surface area (Å²) in [6.45, 7) is 4.45. The van der Waals surface area contributed by atoms with Gasteiger partial charge in [-0.2, -0.15) is 0 Å². The van der Waals surface area contributed by atoms with E-state index in [1.165, 1.54) is 0 Å². The molecule has 1 unspecified atom stereocenters. The van der Waals surface area contributed by atoms with Gasteiger partial charge in [-0.1, -0.05) is 36.4 Å². The van der Waals surface area contributed by atoms with E-state index in [4.69, 9.17) is 10.5 Å². The van der Waals surface area contributed by atoms with Crippen LogP contribution in [0.4, 0.5) is 0 Å². The van der Waals surface area contributed by atoms with Crippen LogP contribution in [-0.4, -0.2) is 52.5 Å². The smallest absolute Gasteiger partial charge is 0.245 e. The molecule has 1 aromatic heterocycles. The van der Waals surface area contributed by atoms with Crippen LogP contribution in [0.15, 0.2) is 60.8 Å². The highest BCUT2D eigenvalue weighted by atomic mass is 16.5. The summed E-state index contributed by atoms with van der Waals surface area (Å²) >= 11 is 0. The lowest BCUT2D eigenvalue weighted by atomic mass is 9.99. The van der Waals surface area contributed by atoms with Crippen LogP contribution in [0, 0.1) is 0 Å². The topological polar surface area (TPSA) is 100 Å². The highest BCUT2D eigenvalue weighted by molar-refractivity contribution is 5.92. The number of H-pyrrole nitrogens is 1. The van der Waals surface area contributed by atoms with Crippen molar-refractivity contribution in [3.05, 3.63) is 66.4 Å². The summed E-state index contributed by atoms with van der Waals surface area (Å²) in [5, 5.41) is 3.96. The minimum Gasteiger partial charge on any atom is -0.490 e. The average molecular weight is 449 g/mol. The van der Waals surface area contributed by atoms with Crippen LogP contribution in [0.2, 0.25) is 0 Å². The lowest BCUT2D eigenvalue weighted by molar-refractivity contribution is -0.138. The van der Waals surface area contributed by atoms with E-state index in [-0.39, 0.29) is 17.9 Å². The normalized spacial score (nSPS) is 15.9. The molecule has 0 saturated carbocycles. The molecule has 7 nitrogen and oxygen atoms in total. The molecule has 33 heavy (non-hydrogen) atoms. The van der Waals surface area contributed by atoms with Crippen molar-refractivity contribution in [3.8, 4) is 5.75 Å². The van der Waals surface area contributed by atoms with E-state index in [9.17, 15) is 9.59 Å². The standard InChI is InChI=1S/C26H32N4O3/c1-26(2,27)25(32)29-23(16-18-17-28-22-11-7-6-10-21(18)22)24(31)30-14-12-20(13-15-30)33-19-8-4-3-5-9-19/h3-11,17,20,23,28H,12-16,27H2,1-2H3,(H,29,32). The van der Waals surface area contributed by atoms with Crippen LogP contribution >= 0.6 is 0 Å². The zero-order chi connectivity index (χ0) is 23.4. The number of ether oxygens (including phenoxy) is 1. The number of piperidine rings is 1. The number of hydrogen-bond acceptors (Lipinski definition) is 4. The second-order valence-electron chi connectivity index (χ2n) is 9.27. The summed E-state index contributed by atoms with van der Waals surface area (Å²) in [5.41, 5.74) is 6.92. The van der Waals surface area contributed by atoms with Gasteiger partial charge in [0.15, 0.2) is 0 Å². The molecular formula is C26H32N4O3. The molecule has 1 aliphatic rings. The van der Waals surface area contributed by atoms with Crippen LogP contribution in [0.25, 0.3) is 10.9 Å². The summed E-state index contributed by atoms with van der Waals surface area (Å²) < 4.78 is 6.06. The highest BCUT2D eigenvalue weighted by Crippen LogP contribution is 2.22. The van der Waals surface area contributed by atoms with Crippen LogP contribution < -0.4 is 15.8 Å². The Morgan fingerprint density at radius 3 is 2.48 bits per heavy atom. The highest BCUT2D eigenvalue weighted by Gasteiger charge is 2.33. The Labute approximate surface area is 194 Å². The summed E-state index contributed by atoms with van der Waals surface area (Å²) in [6.07, 6.45) is 3.87. The number of aromatic nitrogens is 1. The van der Waals surface area contributed by atoms with Gasteiger partial charge in [0.2, 0.25) is 11.8 Å². The first-order chi connectivity index (χ1) is 15.8. The number of carbonyl (C=O) groups is 2. The van der Waals surface area contributed by atoms with Gasteiger partial charge >= 0.3 is 0 Å². The molecule has 174 valence electrons. The average Bonchev–Trinajstić information content (AvgIpc) is 3.21. The van der Waals surface area contributed by atoms with Crippen molar-refractivity contribution < 1.29 is 14.3 Å². The molecular weight excluding hydrogens is 416 g/mol. The molecule has 2 heterocycles. The van der Waals surface area contributed by atoms with Gasteiger partial charge in [-0.15, -0.1) is 0 Å². The van der Waals surface area contributed by atoms with Crippen molar-refractivity contribution in [1.29, 1.82) is 0 Å². The number of amides is 2. The minimum absolute atomic E-state index is 0.0704. The fourth-order valence-corrected chi connectivity index (χ4v) is 4.17. The van der Waals surface area contributed by atoms with E-state index < -0.39 is 11.6 Å². The molecule has 2 amide bonds. The lowest BCUT2D eigenvalue weighted by Gasteiger charge is -2.35. The van der Waals surface area contributed by atoms with E-state index in [0.717, 1.165) is 35.1 Å². The molecule has 0 bridgehead atoms. The first-order valence-corrected chi connectivity index (χ1v) is 11.5. The van der Waals surface area contributed by atoms with Gasteiger partial charge in [0.1, 0.15) is 17.9 Å². The number of nitrogens with zero attached hydrogens (tertiary/aromatic N) is 1. The molecule has 3 aromatic rings. The van der Waals surface area contributed by atoms with E-state index in [2.05, 4.69) is 10.3 Å². The van der Waals surface area contributed by atoms with Gasteiger partial charge < -0.3 is 25.7 Å². The number of hydrogen-bond donors (Lipinski definition) is 3. The Hall–Kier alpha value is -3.32. The number of para-hydroxylation sites is 2. The molecule has 1 saturated heterocycles. The van der Waals surface area contributed by atoms with Gasteiger partial charge in [0.05, 0.1) is 5.54 Å². The van der Waals surface area contributed by atoms with E-state index in [0.29, 0.717) is 19.5 Å². The Balaban J connectivity index is 1.45. The number of aromatic amines is 1. The zero-order valence-corrected chi connectivity index (χ0v) is 19.2. The van der Waals surface area contributed by atoms with Crippen molar-refractivity contribution in [2.75, 3.05) is 13.1 Å². The van der Waals surface area contributed by atoms with E-state index >= 15 is 0 Å². The second-order valence-corrected chi connectivity index (χ2v) is 9.27. The maximum absolute atomic E-state index is 13.5. The summed E-state index contributed by atoms with van der Waals surface area (Å²) in [4.78, 5) is 31.3. The van der Waals surface area contributed by atoms with Crippen LogP contribution in [0.5, 0.6) is 5.75 Å². The first kappa shape index (κ1) is 22.9. The van der Waals surface area contributed by atoms with Crippen molar-refractivity contribution in [1.82, 2.24) is 15.2 Å². The molecule has 1 atom stereocenters. The lowest BCUT2D eigenvalue weighted by Crippen LogP contribution is -2.58. The maximum Gasteiger partial charge on any atom is 0.245 e. The number of fused-ring (bicyclic) bond motifs is 1. The monoisotopic (exact) mass is 448 g/mol. The predicted molar refractivity (Wildman–Crippen MR) is 129 cm³/mol. The first-order valence-electron chi connectivity index (χ1n) is 11.5. The van der Waals surface area contributed by atoms with Gasteiger partial charge in [-0.25, -0.2) is 0 Å². The van der Waals surface area contributed by atoms with Crippen LogP contribution in [0.3, 0.4) is 0 Å². The van der Waals surface area contributed by atoms with Crippen molar-refractivity contribution >= 4 is 22.7 Å². The molecule has 7 heteroatoms. The SMILES string of the molecule is CC(C)(N)C(=O)NC(Cc1c[nH]c2ccccc12)C(=O)N1CCC(Oc2ccccc2)CC1. The summed E-state index contributed by atoms with van der Waals surface area (Å²) in [6, 6.07) is 17.0. The maximum atomic E-state index is 13.5. The fourth-order valence-electron chi connectivity index (χ4n) is 4.17. The van der Waals surface area contributed by atoms with Crippen LogP contribution in [-0.2, 0) is 16.0 Å². The molecule has 0 spiro atoms. The van der Waals surface area contributed by atoms with Crippen molar-refractivity contribution in [2.24, 2.45) is 5.73 Å². The number of nitrogens with one attached hydrogen (secondary N) is 2. The Morgan fingerprint density at radius 1 is 1.12 bits per heavy atom. The molecule has 1 aliphatic heterocycles. The summed E-state index contributed by atoms with van der Waals surface area (Å²) in [5.74, 6) is 0.413. The molecule has 2 aromatic carbocycles. The van der Waals surface area contributed by atoms with Crippen LogP contribution in [0.1, 0.15) is 32.3 Å². The third kappa shape index (κ3) is 5.54. The number of benzene rings is 2. The second kappa shape index (κ2) is 9.67. The van der Waals surface area contributed by atoms with Crippen molar-refractivity contribution in [2.45, 2.75) is 50.8 Å². The number of nitrogens with two attached hydrogens (primary N) is 1. The number of likely N-dealkylation sites (tertiary alicyclic amines) is 1. The molecule has 4 N–H and O–H groups in total. The molecule has 4 rings (SSSR count). The molecule has 0 aliphatic carbocycles. The van der Waals surface area contributed by atoms with Gasteiger partial charge in [-0.3, -0.25) is 9.59 Å². The van der Waals surface area contributed by atoms with Gasteiger partial charge in [0.25, 0.3) is 0 Å². The van der Waals surface area contributed by atoms with Gasteiger partial charge in [0, 0.05) is 49.5 Å². The van der Waals surface area contributed by atoms with E-state index in [1.54, 1.807) is 13.8 Å².